The van der Waals surface area contributed by atoms with Crippen molar-refractivity contribution in [2.24, 2.45) is 0 Å². The van der Waals surface area contributed by atoms with Crippen LogP contribution in [0.4, 0.5) is 0 Å². The van der Waals surface area contributed by atoms with Crippen LogP contribution in [-0.4, -0.2) is 8.76 Å². The second-order valence-electron chi connectivity index (χ2n) is 2.77. The lowest BCUT2D eigenvalue weighted by molar-refractivity contribution is 0.574. The molecule has 1 aromatic carbocycles. The van der Waals surface area contributed by atoms with Crippen LogP contribution in [0, 0.1) is 0 Å². The van der Waals surface area contributed by atoms with Crippen molar-refractivity contribution in [3.8, 4) is 0 Å². The first-order valence-electron chi connectivity index (χ1n) is 3.86. The van der Waals surface area contributed by atoms with E-state index in [1.54, 1.807) is 0 Å². The third-order valence-corrected chi connectivity index (χ3v) is 2.40. The lowest BCUT2D eigenvalue weighted by Crippen LogP contribution is -1.83. The predicted molar refractivity (Wildman–Crippen MR) is 54.2 cm³/mol. The van der Waals surface area contributed by atoms with Crippen LogP contribution in [0.2, 0.25) is 0 Å². The van der Waals surface area contributed by atoms with Crippen LogP contribution in [0.3, 0.4) is 0 Å². The minimum atomic E-state index is -1.88. The summed E-state index contributed by atoms with van der Waals surface area (Å²) in [6.07, 6.45) is 3.78. The Bertz CT molecular complexity index is 419. The number of hydrogen-bond acceptors (Lipinski definition) is 1. The van der Waals surface area contributed by atoms with Gasteiger partial charge in [0.15, 0.2) is 11.1 Å². The monoisotopic (exact) mass is 192 g/mol. The molecule has 1 aliphatic carbocycles. The fourth-order valence-corrected chi connectivity index (χ4v) is 1.81. The van der Waals surface area contributed by atoms with Gasteiger partial charge in [-0.15, -0.1) is 0 Å². The van der Waals surface area contributed by atoms with E-state index in [1.165, 1.54) is 5.41 Å². The summed E-state index contributed by atoms with van der Waals surface area (Å²) in [4.78, 5) is 0. The second kappa shape index (κ2) is 3.28. The number of fused-ring (bicyclic) bond motifs is 1. The quantitative estimate of drug-likeness (QED) is 0.693. The van der Waals surface area contributed by atoms with Crippen LogP contribution in [0.5, 0.6) is 0 Å². The fourth-order valence-electron chi connectivity index (χ4n) is 1.39. The zero-order valence-electron chi connectivity index (χ0n) is 6.81. The molecule has 3 heteroatoms. The van der Waals surface area contributed by atoms with Gasteiger partial charge in [-0.1, -0.05) is 36.4 Å². The molecule has 1 aliphatic rings. The van der Waals surface area contributed by atoms with Gasteiger partial charge in [-0.05, 0) is 16.7 Å². The first kappa shape index (κ1) is 8.41. The summed E-state index contributed by atoms with van der Waals surface area (Å²) in [5.41, 5.74) is 2.93. The lowest BCUT2D eigenvalue weighted by Gasteiger charge is -1.98. The molecule has 0 spiro atoms. The van der Waals surface area contributed by atoms with E-state index in [0.29, 0.717) is 0 Å². The Morgan fingerprint density at radius 1 is 1.23 bits per heavy atom. The maximum Gasteiger partial charge on any atom is 0.179 e. The molecule has 1 atom stereocenters. The standard InChI is InChI=1S/C10H8O2S/c11-13(12)7-9-6-5-8-3-1-2-4-10(8)9/h1-7H,(H,11,12). The smallest absolute Gasteiger partial charge is 0.179 e. The van der Waals surface area contributed by atoms with Crippen LogP contribution in [-0.2, 0) is 11.1 Å². The zero-order valence-corrected chi connectivity index (χ0v) is 7.62. The molecule has 1 N–H and O–H groups in total. The lowest BCUT2D eigenvalue weighted by atomic mass is 10.1. The van der Waals surface area contributed by atoms with Gasteiger partial charge in [-0.3, -0.25) is 0 Å². The average molecular weight is 192 g/mol. The Balaban J connectivity index is 2.50. The van der Waals surface area contributed by atoms with E-state index in [-0.39, 0.29) is 0 Å². The van der Waals surface area contributed by atoms with Crippen LogP contribution < -0.4 is 0 Å². The zero-order chi connectivity index (χ0) is 9.26. The maximum absolute atomic E-state index is 10.6. The summed E-state index contributed by atoms with van der Waals surface area (Å²) in [6, 6.07) is 7.78. The van der Waals surface area contributed by atoms with Gasteiger partial charge >= 0.3 is 0 Å². The van der Waals surface area contributed by atoms with Crippen molar-refractivity contribution in [2.75, 3.05) is 0 Å². The van der Waals surface area contributed by atoms with Gasteiger partial charge in [-0.25, -0.2) is 4.21 Å². The minimum Gasteiger partial charge on any atom is -0.303 e. The van der Waals surface area contributed by atoms with Gasteiger partial charge in [0.1, 0.15) is 0 Å². The van der Waals surface area contributed by atoms with Crippen molar-refractivity contribution in [1.29, 1.82) is 0 Å². The van der Waals surface area contributed by atoms with Gasteiger partial charge in [0.2, 0.25) is 0 Å². The van der Waals surface area contributed by atoms with Gasteiger partial charge < -0.3 is 4.55 Å². The molecule has 0 amide bonds. The van der Waals surface area contributed by atoms with E-state index in [2.05, 4.69) is 0 Å². The number of allylic oxidation sites excluding steroid dienone is 2. The van der Waals surface area contributed by atoms with Crippen molar-refractivity contribution < 1.29 is 8.76 Å². The van der Waals surface area contributed by atoms with Crippen molar-refractivity contribution in [3.63, 3.8) is 0 Å². The van der Waals surface area contributed by atoms with Crippen LogP contribution >= 0.6 is 0 Å². The van der Waals surface area contributed by atoms with Crippen molar-refractivity contribution in [3.05, 3.63) is 46.9 Å². The molecule has 66 valence electrons. The summed E-state index contributed by atoms with van der Waals surface area (Å²) in [6.45, 7) is 0. The van der Waals surface area contributed by atoms with E-state index in [1.807, 2.05) is 36.4 Å². The normalized spacial score (nSPS) is 19.0. The molecule has 0 heterocycles. The predicted octanol–water partition coefficient (Wildman–Crippen LogP) is 2.28. The highest BCUT2D eigenvalue weighted by Gasteiger charge is 2.09. The van der Waals surface area contributed by atoms with E-state index >= 15 is 0 Å². The molecule has 0 saturated carbocycles. The maximum atomic E-state index is 10.6. The SMILES string of the molecule is O=S(O)C=C1C=Cc2ccccc21. The molecule has 1 unspecified atom stereocenters. The fraction of sp³-hybridized carbons (Fsp3) is 0. The third kappa shape index (κ3) is 1.61. The first-order chi connectivity index (χ1) is 6.27. The molecule has 13 heavy (non-hydrogen) atoms. The van der Waals surface area contributed by atoms with Crippen LogP contribution in [0.25, 0.3) is 11.6 Å². The number of benzene rings is 1. The molecular formula is C10H8O2S. The Morgan fingerprint density at radius 3 is 2.77 bits per heavy atom. The Morgan fingerprint density at radius 2 is 2.00 bits per heavy atom. The summed E-state index contributed by atoms with van der Waals surface area (Å²) >= 11 is -1.88. The topological polar surface area (TPSA) is 37.3 Å². The van der Waals surface area contributed by atoms with Gasteiger partial charge in [-0.2, -0.15) is 0 Å². The summed E-state index contributed by atoms with van der Waals surface area (Å²) in [5.74, 6) is 0. The Labute approximate surface area is 78.9 Å². The highest BCUT2D eigenvalue weighted by molar-refractivity contribution is 7.82. The molecule has 0 radical (unpaired) electrons. The van der Waals surface area contributed by atoms with Gasteiger partial charge in [0.05, 0.1) is 0 Å². The molecule has 0 saturated heterocycles. The molecule has 0 aromatic heterocycles. The number of hydrogen-bond donors (Lipinski definition) is 1. The molecule has 0 fully saturated rings. The molecule has 2 nitrogen and oxygen atoms in total. The Kier molecular flexibility index (Phi) is 2.12. The van der Waals surface area contributed by atoms with Crippen LogP contribution in [0.1, 0.15) is 11.1 Å². The van der Waals surface area contributed by atoms with Crippen LogP contribution in [0.15, 0.2) is 35.7 Å². The molecule has 2 rings (SSSR count). The van der Waals surface area contributed by atoms with E-state index in [9.17, 15) is 4.21 Å². The van der Waals surface area contributed by atoms with Crippen molar-refractivity contribution >= 4 is 22.7 Å². The van der Waals surface area contributed by atoms with Crippen molar-refractivity contribution in [1.82, 2.24) is 0 Å². The summed E-state index contributed by atoms with van der Waals surface area (Å²) < 4.78 is 19.3. The molecular weight excluding hydrogens is 184 g/mol. The molecule has 0 aliphatic heterocycles. The van der Waals surface area contributed by atoms with Crippen molar-refractivity contribution in [2.45, 2.75) is 0 Å². The highest BCUT2D eigenvalue weighted by atomic mass is 32.2. The van der Waals surface area contributed by atoms with E-state index in [0.717, 1.165) is 16.7 Å². The minimum absolute atomic E-state index is 0.816. The third-order valence-electron chi connectivity index (χ3n) is 1.94. The Hall–Kier alpha value is -1.19. The van der Waals surface area contributed by atoms with E-state index in [4.69, 9.17) is 4.55 Å². The highest BCUT2D eigenvalue weighted by Crippen LogP contribution is 2.28. The van der Waals surface area contributed by atoms with E-state index < -0.39 is 11.1 Å². The average Bonchev–Trinajstić information content (AvgIpc) is 2.48. The number of rotatable bonds is 1. The first-order valence-corrected chi connectivity index (χ1v) is 5.03. The second-order valence-corrected chi connectivity index (χ2v) is 3.56. The molecule has 0 bridgehead atoms. The van der Waals surface area contributed by atoms with Gasteiger partial charge in [0, 0.05) is 5.41 Å². The summed E-state index contributed by atoms with van der Waals surface area (Å²) in [7, 11) is 0. The largest absolute Gasteiger partial charge is 0.303 e. The molecule has 1 aromatic rings. The summed E-state index contributed by atoms with van der Waals surface area (Å²) in [5, 5.41) is 1.34. The van der Waals surface area contributed by atoms with Gasteiger partial charge in [0.25, 0.3) is 0 Å².